The molecule has 0 aromatic heterocycles. The van der Waals surface area contributed by atoms with Gasteiger partial charge in [0.05, 0.1) is 38.8 Å². The molecule has 0 aliphatic carbocycles. The van der Waals surface area contributed by atoms with E-state index in [1.54, 1.807) is 0 Å². The standard InChI is InChI=1S/C26H56NO7PS/c1-7-8-9-10-11-12-13-14-15-16-17-18-19-20-21-36(31,32)23-26(33-6)24(2)25(27(3,4)5)22-34-35(28,29)30/h24-26H,7-23H2,1-6H3,(H-,28,29,30). The Kier molecular flexibility index (Phi) is 19.1. The van der Waals surface area contributed by atoms with Crippen molar-refractivity contribution < 1.29 is 36.5 Å². The van der Waals surface area contributed by atoms with Crippen LogP contribution in [0.1, 0.15) is 104 Å². The van der Waals surface area contributed by atoms with Crippen LogP contribution < -0.4 is 4.89 Å². The number of phosphoric acid groups is 1. The molecule has 1 N–H and O–H groups in total. The fraction of sp³-hybridized carbons (Fsp3) is 1.00. The van der Waals surface area contributed by atoms with Gasteiger partial charge in [-0.15, -0.1) is 0 Å². The van der Waals surface area contributed by atoms with Gasteiger partial charge in [-0.2, -0.15) is 0 Å². The molecule has 4 atom stereocenters. The molecule has 0 rings (SSSR count). The van der Waals surface area contributed by atoms with Crippen LogP contribution in [0, 0.1) is 5.92 Å². The second-order valence-electron chi connectivity index (χ2n) is 11.3. The minimum atomic E-state index is -4.87. The lowest BCUT2D eigenvalue weighted by atomic mass is 9.95. The molecule has 10 heteroatoms. The lowest BCUT2D eigenvalue weighted by Crippen LogP contribution is -2.55. The number of hydrogen-bond donors (Lipinski definition) is 1. The molecule has 4 unspecified atom stereocenters. The highest BCUT2D eigenvalue weighted by Gasteiger charge is 2.37. The third kappa shape index (κ3) is 19.1. The van der Waals surface area contributed by atoms with Gasteiger partial charge in [0, 0.05) is 13.0 Å². The monoisotopic (exact) mass is 557 g/mol. The highest BCUT2D eigenvalue weighted by molar-refractivity contribution is 7.91. The van der Waals surface area contributed by atoms with Crippen molar-refractivity contribution >= 4 is 17.7 Å². The number of rotatable bonds is 24. The molecule has 0 saturated heterocycles. The van der Waals surface area contributed by atoms with E-state index in [9.17, 15) is 17.9 Å². The molecular formula is C26H56NO7PS. The van der Waals surface area contributed by atoms with Crippen molar-refractivity contribution in [2.24, 2.45) is 5.92 Å². The summed E-state index contributed by atoms with van der Waals surface area (Å²) in [7, 11) is -1.10. The van der Waals surface area contributed by atoms with E-state index in [0.717, 1.165) is 19.3 Å². The van der Waals surface area contributed by atoms with Crippen LogP contribution in [0.5, 0.6) is 0 Å². The first kappa shape index (κ1) is 36.0. The predicted molar refractivity (Wildman–Crippen MR) is 147 cm³/mol. The molecule has 0 saturated carbocycles. The molecule has 8 nitrogen and oxygen atoms in total. The van der Waals surface area contributed by atoms with Crippen LogP contribution in [0.4, 0.5) is 0 Å². The number of methoxy groups -OCH3 is 1. The van der Waals surface area contributed by atoms with Crippen molar-refractivity contribution in [3.05, 3.63) is 0 Å². The van der Waals surface area contributed by atoms with Crippen LogP contribution in [0.2, 0.25) is 0 Å². The van der Waals surface area contributed by atoms with Crippen LogP contribution in [-0.4, -0.2) is 76.3 Å². The summed E-state index contributed by atoms with van der Waals surface area (Å²) in [4.78, 5) is 20.1. The first-order valence-corrected chi connectivity index (χ1v) is 17.3. The fourth-order valence-corrected chi connectivity index (χ4v) is 6.88. The van der Waals surface area contributed by atoms with Crippen molar-refractivity contribution in [1.29, 1.82) is 0 Å². The van der Waals surface area contributed by atoms with Crippen molar-refractivity contribution in [2.75, 3.05) is 46.4 Å². The van der Waals surface area contributed by atoms with E-state index < -0.39 is 23.8 Å². The summed E-state index contributed by atoms with van der Waals surface area (Å²) in [5.74, 6) is -0.295. The van der Waals surface area contributed by atoms with E-state index in [4.69, 9.17) is 9.63 Å². The molecule has 0 bridgehead atoms. The maximum Gasteiger partial charge on any atom is 0.265 e. The lowest BCUT2D eigenvalue weighted by Gasteiger charge is -2.40. The highest BCUT2D eigenvalue weighted by Crippen LogP contribution is 2.33. The molecule has 0 aliphatic rings. The Bertz CT molecular complexity index is 691. The first-order valence-electron chi connectivity index (χ1n) is 14.0. The van der Waals surface area contributed by atoms with Gasteiger partial charge in [0.2, 0.25) is 0 Å². The molecule has 0 heterocycles. The van der Waals surface area contributed by atoms with Crippen molar-refractivity contribution in [3.63, 3.8) is 0 Å². The number of sulfone groups is 1. The van der Waals surface area contributed by atoms with E-state index in [1.165, 1.54) is 71.3 Å². The van der Waals surface area contributed by atoms with Gasteiger partial charge < -0.3 is 23.5 Å². The Balaban J connectivity index is 4.28. The van der Waals surface area contributed by atoms with Gasteiger partial charge >= 0.3 is 0 Å². The number of unbranched alkanes of at least 4 members (excludes halogenated alkanes) is 13. The number of quaternary nitrogens is 1. The zero-order valence-corrected chi connectivity index (χ0v) is 25.7. The molecule has 0 fully saturated rings. The second kappa shape index (κ2) is 19.1. The van der Waals surface area contributed by atoms with Crippen LogP contribution in [-0.2, 0) is 23.7 Å². The van der Waals surface area contributed by atoms with Gasteiger partial charge in [-0.3, -0.25) is 4.57 Å². The summed E-state index contributed by atoms with van der Waals surface area (Å²) in [5, 5.41) is 0. The van der Waals surface area contributed by atoms with E-state index in [-0.39, 0.29) is 30.1 Å². The fourth-order valence-electron chi connectivity index (χ4n) is 4.78. The van der Waals surface area contributed by atoms with Gasteiger partial charge in [0.25, 0.3) is 7.82 Å². The quantitative estimate of drug-likeness (QED) is 0.1000. The lowest BCUT2D eigenvalue weighted by molar-refractivity contribution is -0.900. The summed E-state index contributed by atoms with van der Waals surface area (Å²) in [5.41, 5.74) is 0. The largest absolute Gasteiger partial charge is 0.756 e. The molecule has 36 heavy (non-hydrogen) atoms. The Labute approximate surface area is 222 Å². The van der Waals surface area contributed by atoms with Crippen molar-refractivity contribution in [3.8, 4) is 0 Å². The van der Waals surface area contributed by atoms with E-state index in [2.05, 4.69) is 11.4 Å². The van der Waals surface area contributed by atoms with Crippen LogP contribution in [0.15, 0.2) is 0 Å². The maximum absolute atomic E-state index is 12.8. The number of nitrogens with zero attached hydrogens (tertiary/aromatic N) is 1. The van der Waals surface area contributed by atoms with E-state index in [1.807, 2.05) is 28.1 Å². The van der Waals surface area contributed by atoms with E-state index >= 15 is 0 Å². The van der Waals surface area contributed by atoms with Crippen molar-refractivity contribution in [1.82, 2.24) is 0 Å². The molecule has 0 amide bonds. The summed E-state index contributed by atoms with van der Waals surface area (Å²) in [6.07, 6.45) is 16.5. The number of phosphoric ester groups is 1. The summed E-state index contributed by atoms with van der Waals surface area (Å²) in [6.45, 7) is 3.83. The average Bonchev–Trinajstić information content (AvgIpc) is 2.76. The Morgan fingerprint density at radius 1 is 0.861 bits per heavy atom. The number of ether oxygens (including phenoxy) is 1. The smallest absolute Gasteiger partial charge is 0.265 e. The third-order valence-electron chi connectivity index (χ3n) is 7.13. The summed E-state index contributed by atoms with van der Waals surface area (Å²) >= 11 is 0. The third-order valence-corrected chi connectivity index (χ3v) is 9.35. The van der Waals surface area contributed by atoms with Crippen molar-refractivity contribution in [2.45, 2.75) is 116 Å². The van der Waals surface area contributed by atoms with Gasteiger partial charge in [-0.25, -0.2) is 8.42 Å². The van der Waals surface area contributed by atoms with Crippen LogP contribution >= 0.6 is 7.82 Å². The second-order valence-corrected chi connectivity index (χ2v) is 14.7. The van der Waals surface area contributed by atoms with Gasteiger partial charge in [-0.05, 0) is 6.42 Å². The zero-order chi connectivity index (χ0) is 27.7. The Morgan fingerprint density at radius 2 is 1.28 bits per heavy atom. The minimum absolute atomic E-state index is 0.117. The molecule has 0 spiro atoms. The van der Waals surface area contributed by atoms with Gasteiger partial charge in [0.1, 0.15) is 12.6 Å². The summed E-state index contributed by atoms with van der Waals surface area (Å²) in [6, 6.07) is -0.388. The number of likely N-dealkylation sites (N-methyl/N-ethyl adjacent to an activating group) is 1. The molecule has 0 aliphatic heterocycles. The molecule has 218 valence electrons. The maximum atomic E-state index is 12.8. The molecule has 0 aromatic rings. The molecular weight excluding hydrogens is 501 g/mol. The first-order chi connectivity index (χ1) is 16.7. The zero-order valence-electron chi connectivity index (χ0n) is 24.0. The molecule has 0 radical (unpaired) electrons. The minimum Gasteiger partial charge on any atom is -0.756 e. The van der Waals surface area contributed by atoms with Gasteiger partial charge in [0.15, 0.2) is 9.84 Å². The SMILES string of the molecule is CCCCCCCCCCCCCCCCS(=O)(=O)CC(OC)C(C)C(COP(=O)([O-])O)[N+](C)(C)C. The Morgan fingerprint density at radius 3 is 1.64 bits per heavy atom. The van der Waals surface area contributed by atoms with Crippen LogP contribution in [0.25, 0.3) is 0 Å². The highest BCUT2D eigenvalue weighted by atomic mass is 32.2. The van der Waals surface area contributed by atoms with Gasteiger partial charge in [-0.1, -0.05) is 97.3 Å². The summed E-state index contributed by atoms with van der Waals surface area (Å²) < 4.78 is 47.1. The number of hydrogen-bond acceptors (Lipinski definition) is 6. The average molecular weight is 558 g/mol. The topological polar surface area (TPSA) is 113 Å². The normalized spacial score (nSPS) is 17.0. The predicted octanol–water partition coefficient (Wildman–Crippen LogP) is 5.09. The molecule has 0 aromatic carbocycles. The Hall–Kier alpha value is -0.0200. The van der Waals surface area contributed by atoms with E-state index in [0.29, 0.717) is 10.9 Å². The van der Waals surface area contributed by atoms with Crippen LogP contribution in [0.3, 0.4) is 0 Å².